The average Bonchev–Trinajstić information content (AvgIpc) is 2.29. The Hall–Kier alpha value is -1.02. The molecule has 0 spiro atoms. The number of anilines is 1. The minimum absolute atomic E-state index is 0.597. The third kappa shape index (κ3) is 3.50. The summed E-state index contributed by atoms with van der Waals surface area (Å²) in [5.41, 5.74) is 5.68. The van der Waals surface area contributed by atoms with E-state index in [4.69, 9.17) is 0 Å². The van der Waals surface area contributed by atoms with Crippen LogP contribution in [0.25, 0.3) is 0 Å². The number of nitrogens with zero attached hydrogens (tertiary/aromatic N) is 1. The van der Waals surface area contributed by atoms with E-state index in [1.54, 1.807) is 0 Å². The molecule has 0 bridgehead atoms. The highest BCUT2D eigenvalue weighted by Crippen LogP contribution is 2.28. The zero-order valence-corrected chi connectivity index (χ0v) is 13.1. The van der Waals surface area contributed by atoms with Crippen molar-refractivity contribution in [1.29, 1.82) is 0 Å². The fraction of sp³-hybridized carbons (Fsp3) is 0.647. The van der Waals surface area contributed by atoms with Crippen LogP contribution in [-0.2, 0) is 0 Å². The van der Waals surface area contributed by atoms with Gasteiger partial charge in [0.1, 0.15) is 0 Å². The fourth-order valence-electron chi connectivity index (χ4n) is 3.41. The van der Waals surface area contributed by atoms with Crippen molar-refractivity contribution in [3.05, 3.63) is 28.8 Å². The topological polar surface area (TPSA) is 15.3 Å². The van der Waals surface area contributed by atoms with E-state index >= 15 is 0 Å². The Morgan fingerprint density at radius 2 is 1.58 bits per heavy atom. The second-order valence-corrected chi connectivity index (χ2v) is 6.33. The van der Waals surface area contributed by atoms with E-state index in [0.717, 1.165) is 0 Å². The Kier molecular flexibility index (Phi) is 4.51. The molecule has 1 saturated heterocycles. The summed E-state index contributed by atoms with van der Waals surface area (Å²) in [6.45, 7) is 13.5. The molecule has 106 valence electrons. The maximum absolute atomic E-state index is 3.67. The first-order valence-electron chi connectivity index (χ1n) is 7.56. The molecule has 0 unspecified atom stereocenters. The van der Waals surface area contributed by atoms with Crippen molar-refractivity contribution in [2.24, 2.45) is 0 Å². The van der Waals surface area contributed by atoms with Gasteiger partial charge in [-0.1, -0.05) is 31.5 Å². The molecule has 1 aromatic carbocycles. The van der Waals surface area contributed by atoms with E-state index < -0.39 is 0 Å². The molecule has 1 N–H and O–H groups in total. The standard InChI is InChI=1S/C17H28N2/c1-12(2)18-16-6-8-19(9-7-16)17-14(4)10-13(3)11-15(17)5/h10-12,16,18H,6-9H2,1-5H3. The summed E-state index contributed by atoms with van der Waals surface area (Å²) in [6, 6.07) is 5.91. The molecule has 1 heterocycles. The monoisotopic (exact) mass is 260 g/mol. The molecular weight excluding hydrogens is 232 g/mol. The Labute approximate surface area is 118 Å². The van der Waals surface area contributed by atoms with Gasteiger partial charge in [-0.15, -0.1) is 0 Å². The van der Waals surface area contributed by atoms with Crippen molar-refractivity contribution < 1.29 is 0 Å². The van der Waals surface area contributed by atoms with Gasteiger partial charge in [0, 0.05) is 30.9 Å². The van der Waals surface area contributed by atoms with Crippen molar-refractivity contribution in [3.8, 4) is 0 Å². The van der Waals surface area contributed by atoms with Gasteiger partial charge in [-0.3, -0.25) is 0 Å². The lowest BCUT2D eigenvalue weighted by atomic mass is 9.99. The van der Waals surface area contributed by atoms with Crippen molar-refractivity contribution >= 4 is 5.69 Å². The highest BCUT2D eigenvalue weighted by Gasteiger charge is 2.21. The highest BCUT2D eigenvalue weighted by atomic mass is 15.2. The number of hydrogen-bond acceptors (Lipinski definition) is 2. The molecule has 1 aromatic rings. The quantitative estimate of drug-likeness (QED) is 0.893. The maximum Gasteiger partial charge on any atom is 0.0425 e. The van der Waals surface area contributed by atoms with Crippen LogP contribution in [0.2, 0.25) is 0 Å². The van der Waals surface area contributed by atoms with Gasteiger partial charge in [0.15, 0.2) is 0 Å². The Bertz CT molecular complexity index is 406. The first kappa shape index (κ1) is 14.4. The lowest BCUT2D eigenvalue weighted by Gasteiger charge is -2.36. The Balaban J connectivity index is 2.06. The Morgan fingerprint density at radius 3 is 2.05 bits per heavy atom. The molecule has 0 aliphatic carbocycles. The molecule has 0 atom stereocenters. The molecule has 1 aliphatic rings. The zero-order chi connectivity index (χ0) is 14.0. The molecule has 2 heteroatoms. The largest absolute Gasteiger partial charge is 0.371 e. The van der Waals surface area contributed by atoms with Gasteiger partial charge < -0.3 is 10.2 Å². The number of piperidine rings is 1. The predicted octanol–water partition coefficient (Wildman–Crippen LogP) is 3.58. The normalized spacial score (nSPS) is 17.3. The van der Waals surface area contributed by atoms with E-state index in [1.165, 1.54) is 48.3 Å². The second-order valence-electron chi connectivity index (χ2n) is 6.33. The van der Waals surface area contributed by atoms with Crippen LogP contribution in [0.5, 0.6) is 0 Å². The number of benzene rings is 1. The molecule has 0 radical (unpaired) electrons. The Morgan fingerprint density at radius 1 is 1.05 bits per heavy atom. The van der Waals surface area contributed by atoms with E-state index in [2.05, 4.69) is 57.0 Å². The number of hydrogen-bond donors (Lipinski definition) is 1. The molecule has 2 nitrogen and oxygen atoms in total. The number of nitrogens with one attached hydrogen (secondary N) is 1. The van der Waals surface area contributed by atoms with Crippen LogP contribution in [0.15, 0.2) is 12.1 Å². The average molecular weight is 260 g/mol. The van der Waals surface area contributed by atoms with Crippen LogP contribution in [0.4, 0.5) is 5.69 Å². The van der Waals surface area contributed by atoms with Crippen LogP contribution < -0.4 is 10.2 Å². The summed E-state index contributed by atoms with van der Waals surface area (Å²) in [5, 5.41) is 3.67. The van der Waals surface area contributed by atoms with Gasteiger partial charge in [-0.2, -0.15) is 0 Å². The van der Waals surface area contributed by atoms with Gasteiger partial charge in [0.2, 0.25) is 0 Å². The van der Waals surface area contributed by atoms with Gasteiger partial charge in [-0.05, 0) is 44.7 Å². The first-order chi connectivity index (χ1) is 8.97. The summed E-state index contributed by atoms with van der Waals surface area (Å²) in [5.74, 6) is 0. The fourth-order valence-corrected chi connectivity index (χ4v) is 3.41. The van der Waals surface area contributed by atoms with Gasteiger partial charge in [-0.25, -0.2) is 0 Å². The predicted molar refractivity (Wildman–Crippen MR) is 84.2 cm³/mol. The third-order valence-corrected chi connectivity index (χ3v) is 4.02. The zero-order valence-electron chi connectivity index (χ0n) is 13.1. The van der Waals surface area contributed by atoms with Crippen LogP contribution in [0.1, 0.15) is 43.4 Å². The summed E-state index contributed by atoms with van der Waals surface area (Å²) in [7, 11) is 0. The van der Waals surface area contributed by atoms with Crippen LogP contribution in [0.3, 0.4) is 0 Å². The van der Waals surface area contributed by atoms with Crippen LogP contribution in [-0.4, -0.2) is 25.2 Å². The van der Waals surface area contributed by atoms with Gasteiger partial charge >= 0.3 is 0 Å². The molecule has 0 aromatic heterocycles. The molecule has 1 fully saturated rings. The summed E-state index contributed by atoms with van der Waals surface area (Å²) in [4.78, 5) is 2.57. The SMILES string of the molecule is Cc1cc(C)c(N2CCC(NC(C)C)CC2)c(C)c1. The highest BCUT2D eigenvalue weighted by molar-refractivity contribution is 5.60. The lowest BCUT2D eigenvalue weighted by Crippen LogP contribution is -2.45. The van der Waals surface area contributed by atoms with E-state index in [0.29, 0.717) is 12.1 Å². The van der Waals surface area contributed by atoms with Crippen molar-refractivity contribution in [2.45, 2.75) is 59.5 Å². The summed E-state index contributed by atoms with van der Waals surface area (Å²) < 4.78 is 0. The maximum atomic E-state index is 3.67. The van der Waals surface area contributed by atoms with Crippen LogP contribution in [0, 0.1) is 20.8 Å². The molecule has 0 amide bonds. The molecule has 0 saturated carbocycles. The second kappa shape index (κ2) is 5.96. The minimum Gasteiger partial charge on any atom is -0.371 e. The van der Waals surface area contributed by atoms with Gasteiger partial charge in [0.25, 0.3) is 0 Å². The smallest absolute Gasteiger partial charge is 0.0425 e. The minimum atomic E-state index is 0.597. The summed E-state index contributed by atoms with van der Waals surface area (Å²) >= 11 is 0. The molecule has 1 aliphatic heterocycles. The number of aryl methyl sites for hydroxylation is 3. The van der Waals surface area contributed by atoms with Crippen molar-refractivity contribution in [1.82, 2.24) is 5.32 Å². The lowest BCUT2D eigenvalue weighted by molar-refractivity contribution is 0.387. The van der Waals surface area contributed by atoms with Crippen molar-refractivity contribution in [3.63, 3.8) is 0 Å². The van der Waals surface area contributed by atoms with Crippen LogP contribution >= 0.6 is 0 Å². The molecule has 19 heavy (non-hydrogen) atoms. The number of rotatable bonds is 3. The van der Waals surface area contributed by atoms with Gasteiger partial charge in [0.05, 0.1) is 0 Å². The molecule has 2 rings (SSSR count). The third-order valence-electron chi connectivity index (χ3n) is 4.02. The first-order valence-corrected chi connectivity index (χ1v) is 7.56. The van der Waals surface area contributed by atoms with E-state index in [1.807, 2.05) is 0 Å². The van der Waals surface area contributed by atoms with E-state index in [9.17, 15) is 0 Å². The van der Waals surface area contributed by atoms with Crippen molar-refractivity contribution in [2.75, 3.05) is 18.0 Å². The molecular formula is C17H28N2. The summed E-state index contributed by atoms with van der Waals surface area (Å²) in [6.07, 6.45) is 2.51. The van der Waals surface area contributed by atoms with E-state index in [-0.39, 0.29) is 0 Å².